The van der Waals surface area contributed by atoms with E-state index in [1.165, 1.54) is 0 Å². The normalized spacial score (nSPS) is 16.3. The van der Waals surface area contributed by atoms with Gasteiger partial charge in [-0.3, -0.25) is 24.4 Å². The van der Waals surface area contributed by atoms with Crippen molar-refractivity contribution in [3.63, 3.8) is 0 Å². The molecule has 0 bridgehead atoms. The number of halogens is 1. The predicted octanol–water partition coefficient (Wildman–Crippen LogP) is 2.58. The van der Waals surface area contributed by atoms with Gasteiger partial charge in [0.25, 0.3) is 0 Å². The Balaban J connectivity index is 1.46. The van der Waals surface area contributed by atoms with E-state index in [4.69, 9.17) is 11.6 Å². The zero-order chi connectivity index (χ0) is 20.6. The topological polar surface area (TPSA) is 85.8 Å². The van der Waals surface area contributed by atoms with Gasteiger partial charge in [-0.1, -0.05) is 17.7 Å². The van der Waals surface area contributed by atoms with E-state index >= 15 is 0 Å². The van der Waals surface area contributed by atoms with Gasteiger partial charge in [-0.15, -0.1) is 0 Å². The number of piperazine rings is 1. The molecule has 0 aliphatic carbocycles. The number of carbonyl (C=O) groups excluding carboxylic acids is 1. The molecular weight excluding hydrogens is 392 g/mol. The highest BCUT2D eigenvalue weighted by Gasteiger charge is 2.26. The van der Waals surface area contributed by atoms with Crippen LogP contribution in [0.5, 0.6) is 0 Å². The molecule has 0 spiro atoms. The van der Waals surface area contributed by atoms with Gasteiger partial charge in [0.05, 0.1) is 11.6 Å². The molecule has 0 unspecified atom stereocenters. The minimum atomic E-state index is -0.952. The summed E-state index contributed by atoms with van der Waals surface area (Å²) in [4.78, 5) is 32.7. The van der Waals surface area contributed by atoms with E-state index in [2.05, 4.69) is 20.1 Å². The number of nitrogens with zero attached hydrogens (tertiary/aromatic N) is 3. The summed E-state index contributed by atoms with van der Waals surface area (Å²) in [5, 5.41) is 12.9. The number of rotatable bonds is 8. The number of amides is 1. The van der Waals surface area contributed by atoms with Crippen LogP contribution in [0, 0.1) is 5.92 Å². The Morgan fingerprint density at radius 2 is 1.76 bits per heavy atom. The van der Waals surface area contributed by atoms with Crippen molar-refractivity contribution in [1.82, 2.24) is 14.8 Å². The summed E-state index contributed by atoms with van der Waals surface area (Å²) < 4.78 is 0. The van der Waals surface area contributed by atoms with Crippen LogP contribution in [0.3, 0.4) is 0 Å². The van der Waals surface area contributed by atoms with Gasteiger partial charge >= 0.3 is 5.97 Å². The largest absolute Gasteiger partial charge is 0.481 e. The highest BCUT2D eigenvalue weighted by molar-refractivity contribution is 6.30. The number of benzene rings is 1. The Morgan fingerprint density at radius 3 is 2.38 bits per heavy atom. The smallest absolute Gasteiger partial charge is 0.308 e. The maximum absolute atomic E-state index is 12.3. The fourth-order valence-corrected chi connectivity index (χ4v) is 3.49. The first kappa shape index (κ1) is 21.2. The van der Waals surface area contributed by atoms with Crippen molar-refractivity contribution in [2.45, 2.75) is 13.0 Å². The number of nitrogens with one attached hydrogen (secondary N) is 1. The zero-order valence-corrected chi connectivity index (χ0v) is 16.9. The lowest BCUT2D eigenvalue weighted by atomic mass is 10.0. The van der Waals surface area contributed by atoms with E-state index in [9.17, 15) is 14.7 Å². The third-order valence-corrected chi connectivity index (χ3v) is 5.22. The number of aromatic nitrogens is 1. The first-order valence-electron chi connectivity index (χ1n) is 9.62. The molecule has 0 saturated carbocycles. The van der Waals surface area contributed by atoms with Crippen LogP contribution in [-0.2, 0) is 16.1 Å². The van der Waals surface area contributed by atoms with E-state index in [1.54, 1.807) is 30.5 Å². The maximum atomic E-state index is 12.3. The third kappa shape index (κ3) is 6.81. The fourth-order valence-electron chi connectivity index (χ4n) is 3.36. The lowest BCUT2D eigenvalue weighted by Crippen LogP contribution is -2.48. The van der Waals surface area contributed by atoms with Gasteiger partial charge in [-0.2, -0.15) is 0 Å². The van der Waals surface area contributed by atoms with Crippen molar-refractivity contribution in [3.05, 3.63) is 59.4 Å². The minimum absolute atomic E-state index is 0.0634. The van der Waals surface area contributed by atoms with E-state index in [0.717, 1.165) is 38.4 Å². The zero-order valence-electron chi connectivity index (χ0n) is 16.1. The van der Waals surface area contributed by atoms with Crippen LogP contribution < -0.4 is 5.32 Å². The van der Waals surface area contributed by atoms with Gasteiger partial charge in [0, 0.05) is 62.6 Å². The number of hydrogen-bond acceptors (Lipinski definition) is 5. The molecule has 3 rings (SSSR count). The molecule has 1 aliphatic rings. The molecule has 1 atom stereocenters. The maximum Gasteiger partial charge on any atom is 0.308 e. The van der Waals surface area contributed by atoms with Crippen LogP contribution in [0.25, 0.3) is 0 Å². The second-order valence-corrected chi connectivity index (χ2v) is 7.63. The Labute approximate surface area is 175 Å². The van der Waals surface area contributed by atoms with Crippen LogP contribution >= 0.6 is 11.6 Å². The Bertz CT molecular complexity index is 808. The van der Waals surface area contributed by atoms with E-state index < -0.39 is 11.9 Å². The quantitative estimate of drug-likeness (QED) is 0.688. The van der Waals surface area contributed by atoms with E-state index in [0.29, 0.717) is 17.3 Å². The molecule has 1 aromatic carbocycles. The summed E-state index contributed by atoms with van der Waals surface area (Å²) in [5.74, 6) is -2.01. The number of pyridine rings is 1. The standard InChI is InChI=1S/C21H25ClN4O3/c22-17-4-6-18(7-5-17)24-20(27)13-16(21(28)29)14-25-9-11-26(12-10-25)15-19-3-1-2-8-23-19/h1-8,16H,9-15H2,(H,24,27)(H,28,29)/t16-/m0/s1. The van der Waals surface area contributed by atoms with Gasteiger partial charge in [-0.25, -0.2) is 0 Å². The second kappa shape index (κ2) is 10.3. The predicted molar refractivity (Wildman–Crippen MR) is 112 cm³/mol. The van der Waals surface area contributed by atoms with Crippen molar-refractivity contribution < 1.29 is 14.7 Å². The lowest BCUT2D eigenvalue weighted by Gasteiger charge is -2.35. The molecule has 1 aromatic heterocycles. The molecular formula is C21H25ClN4O3. The number of carboxylic acids is 1. The molecule has 0 radical (unpaired) electrons. The highest BCUT2D eigenvalue weighted by atomic mass is 35.5. The monoisotopic (exact) mass is 416 g/mol. The summed E-state index contributed by atoms with van der Waals surface area (Å²) in [6.45, 7) is 4.39. The van der Waals surface area contributed by atoms with Crippen molar-refractivity contribution >= 4 is 29.2 Å². The fraction of sp³-hybridized carbons (Fsp3) is 0.381. The molecule has 8 heteroatoms. The number of carbonyl (C=O) groups is 2. The number of hydrogen-bond donors (Lipinski definition) is 2. The molecule has 2 heterocycles. The van der Waals surface area contributed by atoms with Crippen LogP contribution in [0.4, 0.5) is 5.69 Å². The lowest BCUT2D eigenvalue weighted by molar-refractivity contribution is -0.144. The molecule has 7 nitrogen and oxygen atoms in total. The average molecular weight is 417 g/mol. The van der Waals surface area contributed by atoms with Gasteiger partial charge in [0.2, 0.25) is 5.91 Å². The van der Waals surface area contributed by atoms with Gasteiger partial charge in [0.15, 0.2) is 0 Å². The Morgan fingerprint density at radius 1 is 1.07 bits per heavy atom. The Hall–Kier alpha value is -2.48. The second-order valence-electron chi connectivity index (χ2n) is 7.19. The highest BCUT2D eigenvalue weighted by Crippen LogP contribution is 2.16. The summed E-state index contributed by atoms with van der Waals surface area (Å²) in [6.07, 6.45) is 1.73. The van der Waals surface area contributed by atoms with Crippen LogP contribution in [-0.4, -0.2) is 64.5 Å². The van der Waals surface area contributed by atoms with E-state index in [-0.39, 0.29) is 12.3 Å². The minimum Gasteiger partial charge on any atom is -0.481 e. The van der Waals surface area contributed by atoms with Crippen molar-refractivity contribution in [1.29, 1.82) is 0 Å². The SMILES string of the molecule is O=C(C[C@@H](CN1CCN(Cc2ccccn2)CC1)C(=O)O)Nc1ccc(Cl)cc1. The number of anilines is 1. The molecule has 1 amide bonds. The Kier molecular flexibility index (Phi) is 7.57. The average Bonchev–Trinajstić information content (AvgIpc) is 2.71. The summed E-state index contributed by atoms with van der Waals surface area (Å²) in [5.41, 5.74) is 1.63. The summed E-state index contributed by atoms with van der Waals surface area (Å²) in [6, 6.07) is 12.6. The van der Waals surface area contributed by atoms with Crippen molar-refractivity contribution in [2.24, 2.45) is 5.92 Å². The summed E-state index contributed by atoms with van der Waals surface area (Å²) >= 11 is 5.84. The van der Waals surface area contributed by atoms with Crippen LogP contribution in [0.15, 0.2) is 48.7 Å². The van der Waals surface area contributed by atoms with E-state index in [1.807, 2.05) is 18.2 Å². The molecule has 1 saturated heterocycles. The molecule has 1 fully saturated rings. The first-order chi connectivity index (χ1) is 14.0. The first-order valence-corrected chi connectivity index (χ1v) is 10.0. The van der Waals surface area contributed by atoms with Gasteiger partial charge < -0.3 is 10.4 Å². The summed E-state index contributed by atoms with van der Waals surface area (Å²) in [7, 11) is 0. The molecule has 2 aromatic rings. The van der Waals surface area contributed by atoms with Crippen LogP contribution in [0.1, 0.15) is 12.1 Å². The molecule has 2 N–H and O–H groups in total. The van der Waals surface area contributed by atoms with Crippen LogP contribution in [0.2, 0.25) is 5.02 Å². The molecule has 29 heavy (non-hydrogen) atoms. The third-order valence-electron chi connectivity index (χ3n) is 4.96. The number of carboxylic acid groups (broad SMARTS) is 1. The number of aliphatic carboxylic acids is 1. The molecule has 154 valence electrons. The molecule has 1 aliphatic heterocycles. The van der Waals surface area contributed by atoms with Gasteiger partial charge in [0.1, 0.15) is 0 Å². The van der Waals surface area contributed by atoms with Crippen molar-refractivity contribution in [3.8, 4) is 0 Å². The van der Waals surface area contributed by atoms with Gasteiger partial charge in [-0.05, 0) is 36.4 Å². The van der Waals surface area contributed by atoms with Crippen molar-refractivity contribution in [2.75, 3.05) is 38.0 Å².